The fourth-order valence-electron chi connectivity index (χ4n) is 2.93. The van der Waals surface area contributed by atoms with E-state index in [2.05, 4.69) is 35.3 Å². The van der Waals surface area contributed by atoms with E-state index >= 15 is 0 Å². The van der Waals surface area contributed by atoms with Crippen LogP contribution in [0.4, 0.5) is 0 Å². The fourth-order valence-corrected chi connectivity index (χ4v) is 2.93. The van der Waals surface area contributed by atoms with Gasteiger partial charge in [-0.1, -0.05) is 18.2 Å². The first-order valence-corrected chi connectivity index (χ1v) is 7.16. The molecule has 120 valence electrons. The Balaban J connectivity index is 0.00000121. The maximum atomic E-state index is 5.87. The Morgan fingerprint density at radius 1 is 1.27 bits per heavy atom. The number of ether oxygens (including phenoxy) is 1. The molecule has 0 fully saturated rings. The predicted octanol–water partition coefficient (Wildman–Crippen LogP) is 3.86. The zero-order valence-corrected chi connectivity index (χ0v) is 14.3. The number of hydrogen-bond acceptors (Lipinski definition) is 3. The Labute approximate surface area is 144 Å². The molecule has 1 unspecified atom stereocenters. The van der Waals surface area contributed by atoms with Gasteiger partial charge in [-0.2, -0.15) is 0 Å². The summed E-state index contributed by atoms with van der Waals surface area (Å²) < 4.78 is 5.86. The maximum Gasteiger partial charge on any atom is 0.0949 e. The molecule has 5 heteroatoms. The topological polar surface area (TPSA) is 48.1 Å². The van der Waals surface area contributed by atoms with Crippen LogP contribution in [0.1, 0.15) is 29.3 Å². The second-order valence-corrected chi connectivity index (χ2v) is 5.26. The van der Waals surface area contributed by atoms with Gasteiger partial charge in [0.05, 0.1) is 6.10 Å². The third-order valence-electron chi connectivity index (χ3n) is 3.87. The van der Waals surface area contributed by atoms with E-state index < -0.39 is 0 Å². The number of halogens is 2. The molecule has 1 atom stereocenters. The molecule has 1 aliphatic rings. The molecule has 0 saturated heterocycles. The molecular weight excluding hydrogens is 319 g/mol. The first kappa shape index (κ1) is 18.9. The van der Waals surface area contributed by atoms with Crippen LogP contribution in [-0.2, 0) is 11.2 Å². The molecule has 0 amide bonds. The van der Waals surface area contributed by atoms with Crippen LogP contribution >= 0.6 is 24.8 Å². The average Bonchev–Trinajstić information content (AvgIpc) is 2.68. The summed E-state index contributed by atoms with van der Waals surface area (Å²) in [6.07, 6.45) is 3.99. The molecule has 2 N–H and O–H groups in total. The van der Waals surface area contributed by atoms with Gasteiger partial charge in [-0.05, 0) is 54.2 Å². The van der Waals surface area contributed by atoms with E-state index in [0.717, 1.165) is 25.1 Å². The van der Waals surface area contributed by atoms with E-state index in [1.807, 2.05) is 13.1 Å². The predicted molar refractivity (Wildman–Crippen MR) is 95.0 cm³/mol. The Morgan fingerprint density at radius 2 is 2.09 bits per heavy atom. The standard InChI is InChI=1S/C17H20N2O.2ClH/c1-12-10-13(7-8-19-12)14-4-2-5-16-15(14)6-3-9-20-17(16)11-18;;/h2,4-5,7-8,10,17H,3,6,9,11,18H2,1H3;2*1H. The number of nitrogens with two attached hydrogens (primary N) is 1. The van der Waals surface area contributed by atoms with Gasteiger partial charge >= 0.3 is 0 Å². The molecule has 3 nitrogen and oxygen atoms in total. The van der Waals surface area contributed by atoms with Crippen LogP contribution in [-0.4, -0.2) is 18.1 Å². The molecule has 0 bridgehead atoms. The van der Waals surface area contributed by atoms with E-state index in [1.165, 1.54) is 22.3 Å². The van der Waals surface area contributed by atoms with Crippen molar-refractivity contribution in [3.8, 4) is 11.1 Å². The number of nitrogens with zero attached hydrogens (tertiary/aromatic N) is 1. The van der Waals surface area contributed by atoms with Crippen LogP contribution in [0.3, 0.4) is 0 Å². The lowest BCUT2D eigenvalue weighted by molar-refractivity contribution is 0.0627. The molecule has 22 heavy (non-hydrogen) atoms. The van der Waals surface area contributed by atoms with Gasteiger partial charge in [0.1, 0.15) is 0 Å². The van der Waals surface area contributed by atoms with Crippen LogP contribution in [0.25, 0.3) is 11.1 Å². The van der Waals surface area contributed by atoms with Crippen molar-refractivity contribution < 1.29 is 4.74 Å². The molecule has 0 saturated carbocycles. The number of fused-ring (bicyclic) bond motifs is 1. The molecular formula is C17H22Cl2N2O. The van der Waals surface area contributed by atoms with Crippen molar-refractivity contribution in [2.45, 2.75) is 25.9 Å². The Kier molecular flexibility index (Phi) is 7.30. The highest BCUT2D eigenvalue weighted by atomic mass is 35.5. The minimum absolute atomic E-state index is 0. The molecule has 0 spiro atoms. The Bertz CT molecular complexity index is 619. The van der Waals surface area contributed by atoms with Gasteiger partial charge in [0.2, 0.25) is 0 Å². The summed E-state index contributed by atoms with van der Waals surface area (Å²) in [6.45, 7) is 3.34. The van der Waals surface area contributed by atoms with Crippen molar-refractivity contribution in [3.05, 3.63) is 53.3 Å². The SMILES string of the molecule is Cc1cc(-c2cccc3c2CCCOC3CN)ccn1.Cl.Cl. The van der Waals surface area contributed by atoms with Crippen molar-refractivity contribution >= 4 is 24.8 Å². The number of hydrogen-bond donors (Lipinski definition) is 1. The van der Waals surface area contributed by atoms with Gasteiger partial charge in [0.15, 0.2) is 0 Å². The number of rotatable bonds is 2. The lowest BCUT2D eigenvalue weighted by Gasteiger charge is -2.18. The summed E-state index contributed by atoms with van der Waals surface area (Å²) in [5.74, 6) is 0. The van der Waals surface area contributed by atoms with Crippen LogP contribution in [0.2, 0.25) is 0 Å². The zero-order valence-electron chi connectivity index (χ0n) is 12.6. The van der Waals surface area contributed by atoms with E-state index in [-0.39, 0.29) is 30.9 Å². The Morgan fingerprint density at radius 3 is 2.82 bits per heavy atom. The summed E-state index contributed by atoms with van der Waals surface area (Å²) >= 11 is 0. The van der Waals surface area contributed by atoms with Crippen molar-refractivity contribution in [3.63, 3.8) is 0 Å². The lowest BCUT2D eigenvalue weighted by Crippen LogP contribution is -2.16. The van der Waals surface area contributed by atoms with E-state index in [4.69, 9.17) is 10.5 Å². The van der Waals surface area contributed by atoms with Crippen LogP contribution in [0, 0.1) is 6.92 Å². The van der Waals surface area contributed by atoms with Gasteiger partial charge in [-0.25, -0.2) is 0 Å². The smallest absolute Gasteiger partial charge is 0.0949 e. The summed E-state index contributed by atoms with van der Waals surface area (Å²) in [5, 5.41) is 0. The van der Waals surface area contributed by atoms with Crippen LogP contribution < -0.4 is 5.73 Å². The monoisotopic (exact) mass is 340 g/mol. The highest BCUT2D eigenvalue weighted by Gasteiger charge is 2.20. The maximum absolute atomic E-state index is 5.87. The average molecular weight is 341 g/mol. The Hall–Kier alpha value is -1.13. The van der Waals surface area contributed by atoms with Crippen LogP contribution in [0.15, 0.2) is 36.5 Å². The molecule has 1 aromatic heterocycles. The van der Waals surface area contributed by atoms with E-state index in [0.29, 0.717) is 6.54 Å². The molecule has 2 heterocycles. The van der Waals surface area contributed by atoms with Gasteiger partial charge in [-0.3, -0.25) is 4.98 Å². The molecule has 3 rings (SSSR count). The number of aryl methyl sites for hydroxylation is 1. The minimum atomic E-state index is 0. The van der Waals surface area contributed by atoms with Gasteiger partial charge in [-0.15, -0.1) is 24.8 Å². The fraction of sp³-hybridized carbons (Fsp3) is 0.353. The van der Waals surface area contributed by atoms with Gasteiger partial charge in [0.25, 0.3) is 0 Å². The molecule has 1 aliphatic heterocycles. The minimum Gasteiger partial charge on any atom is -0.372 e. The largest absolute Gasteiger partial charge is 0.372 e. The van der Waals surface area contributed by atoms with E-state index in [1.54, 1.807) is 0 Å². The quantitative estimate of drug-likeness (QED) is 0.902. The second kappa shape index (κ2) is 8.49. The van der Waals surface area contributed by atoms with E-state index in [9.17, 15) is 0 Å². The molecule has 2 aromatic rings. The highest BCUT2D eigenvalue weighted by Crippen LogP contribution is 2.33. The summed E-state index contributed by atoms with van der Waals surface area (Å²) in [4.78, 5) is 4.28. The highest BCUT2D eigenvalue weighted by molar-refractivity contribution is 5.85. The zero-order chi connectivity index (χ0) is 13.9. The normalized spacial score (nSPS) is 16.7. The van der Waals surface area contributed by atoms with Crippen molar-refractivity contribution in [1.82, 2.24) is 4.98 Å². The molecule has 0 aliphatic carbocycles. The van der Waals surface area contributed by atoms with Gasteiger partial charge in [0, 0.05) is 25.0 Å². The second-order valence-electron chi connectivity index (χ2n) is 5.26. The first-order chi connectivity index (χ1) is 9.79. The van der Waals surface area contributed by atoms with Crippen molar-refractivity contribution in [2.75, 3.05) is 13.2 Å². The molecule has 0 radical (unpaired) electrons. The lowest BCUT2D eigenvalue weighted by atomic mass is 9.91. The van der Waals surface area contributed by atoms with Gasteiger partial charge < -0.3 is 10.5 Å². The summed E-state index contributed by atoms with van der Waals surface area (Å²) in [5.41, 5.74) is 12.1. The number of aromatic nitrogens is 1. The summed E-state index contributed by atoms with van der Waals surface area (Å²) in [6, 6.07) is 10.6. The third-order valence-corrected chi connectivity index (χ3v) is 3.87. The summed E-state index contributed by atoms with van der Waals surface area (Å²) in [7, 11) is 0. The van der Waals surface area contributed by atoms with Crippen molar-refractivity contribution in [1.29, 1.82) is 0 Å². The number of pyridine rings is 1. The number of benzene rings is 1. The first-order valence-electron chi connectivity index (χ1n) is 7.16. The van der Waals surface area contributed by atoms with Crippen LogP contribution in [0.5, 0.6) is 0 Å². The third kappa shape index (κ3) is 3.79. The van der Waals surface area contributed by atoms with Crippen molar-refractivity contribution in [2.24, 2.45) is 5.73 Å². The molecule has 1 aromatic carbocycles.